The second-order valence-electron chi connectivity index (χ2n) is 5.29. The highest BCUT2D eigenvalue weighted by Gasteiger charge is 2.31. The van der Waals surface area contributed by atoms with Gasteiger partial charge in [0, 0.05) is 25.2 Å². The molecule has 0 aromatic heterocycles. The molecule has 0 heterocycles. The van der Waals surface area contributed by atoms with E-state index in [2.05, 4.69) is 6.92 Å². The van der Waals surface area contributed by atoms with Gasteiger partial charge in [0.25, 0.3) is 0 Å². The first-order valence-corrected chi connectivity index (χ1v) is 6.70. The average Bonchev–Trinajstić information content (AvgIpc) is 2.83. The highest BCUT2D eigenvalue weighted by molar-refractivity contribution is 5.94. The maximum atomic E-state index is 12.5. The van der Waals surface area contributed by atoms with Crippen LogP contribution in [0, 0.1) is 11.8 Å². The molecular weight excluding hydrogens is 224 g/mol. The molecule has 2 rings (SSSR count). The predicted molar refractivity (Wildman–Crippen MR) is 74.2 cm³/mol. The number of hydrogen-bond donors (Lipinski definition) is 1. The summed E-state index contributed by atoms with van der Waals surface area (Å²) in [5.41, 5.74) is 7.64. The van der Waals surface area contributed by atoms with Crippen molar-refractivity contribution in [3.05, 3.63) is 29.8 Å². The van der Waals surface area contributed by atoms with Gasteiger partial charge in [-0.25, -0.2) is 0 Å². The quantitative estimate of drug-likeness (QED) is 0.891. The second-order valence-corrected chi connectivity index (χ2v) is 5.29. The summed E-state index contributed by atoms with van der Waals surface area (Å²) in [6, 6.07) is 7.91. The summed E-state index contributed by atoms with van der Waals surface area (Å²) in [7, 11) is 1.86. The van der Waals surface area contributed by atoms with Gasteiger partial charge in [-0.3, -0.25) is 4.79 Å². The Bertz CT molecular complexity index is 430. The summed E-state index contributed by atoms with van der Waals surface area (Å²) >= 11 is 0. The average molecular weight is 246 g/mol. The number of nitrogens with zero attached hydrogens (tertiary/aromatic N) is 1. The zero-order chi connectivity index (χ0) is 13.1. The fourth-order valence-electron chi connectivity index (χ4n) is 2.78. The van der Waals surface area contributed by atoms with E-state index in [4.69, 9.17) is 5.73 Å². The Balaban J connectivity index is 2.14. The van der Waals surface area contributed by atoms with Crippen LogP contribution in [0.15, 0.2) is 24.3 Å². The topological polar surface area (TPSA) is 46.3 Å². The van der Waals surface area contributed by atoms with Gasteiger partial charge in [0.2, 0.25) is 5.91 Å². The summed E-state index contributed by atoms with van der Waals surface area (Å²) in [4.78, 5) is 14.2. The molecule has 1 amide bonds. The van der Waals surface area contributed by atoms with Gasteiger partial charge in [0.05, 0.1) is 0 Å². The summed E-state index contributed by atoms with van der Waals surface area (Å²) in [6.45, 7) is 2.69. The molecule has 0 radical (unpaired) electrons. The van der Waals surface area contributed by atoms with E-state index in [0.29, 0.717) is 12.5 Å². The molecule has 2 unspecified atom stereocenters. The number of nitrogens with two attached hydrogens (primary N) is 1. The highest BCUT2D eigenvalue weighted by atomic mass is 16.2. The van der Waals surface area contributed by atoms with Crippen molar-refractivity contribution in [1.29, 1.82) is 0 Å². The van der Waals surface area contributed by atoms with Crippen molar-refractivity contribution in [2.45, 2.75) is 32.7 Å². The largest absolute Gasteiger partial charge is 0.326 e. The van der Waals surface area contributed by atoms with E-state index in [0.717, 1.165) is 17.7 Å². The Morgan fingerprint density at radius 1 is 1.44 bits per heavy atom. The molecule has 3 nitrogen and oxygen atoms in total. The minimum atomic E-state index is 0.191. The molecule has 0 saturated heterocycles. The fourth-order valence-corrected chi connectivity index (χ4v) is 2.78. The fraction of sp³-hybridized carbons (Fsp3) is 0.533. The molecular formula is C15H22N2O. The molecule has 0 bridgehead atoms. The van der Waals surface area contributed by atoms with Crippen molar-refractivity contribution in [3.8, 4) is 0 Å². The van der Waals surface area contributed by atoms with E-state index in [-0.39, 0.29) is 11.8 Å². The van der Waals surface area contributed by atoms with Crippen LogP contribution >= 0.6 is 0 Å². The van der Waals surface area contributed by atoms with Crippen LogP contribution < -0.4 is 10.6 Å². The minimum Gasteiger partial charge on any atom is -0.326 e. The zero-order valence-electron chi connectivity index (χ0n) is 11.2. The van der Waals surface area contributed by atoms with Gasteiger partial charge in [-0.05, 0) is 36.5 Å². The molecule has 1 aromatic rings. The lowest BCUT2D eigenvalue weighted by molar-refractivity contribution is -0.122. The van der Waals surface area contributed by atoms with Gasteiger partial charge in [-0.1, -0.05) is 25.5 Å². The molecule has 2 atom stereocenters. The number of anilines is 1. The van der Waals surface area contributed by atoms with Crippen LogP contribution in [0.25, 0.3) is 0 Å². The molecule has 0 spiro atoms. The number of carbonyl (C=O) groups excluding carboxylic acids is 1. The van der Waals surface area contributed by atoms with Crippen molar-refractivity contribution >= 4 is 11.6 Å². The minimum absolute atomic E-state index is 0.191. The molecule has 98 valence electrons. The molecule has 1 saturated carbocycles. The number of hydrogen-bond acceptors (Lipinski definition) is 2. The van der Waals surface area contributed by atoms with E-state index in [1.807, 2.05) is 31.3 Å². The predicted octanol–water partition coefficient (Wildman–Crippen LogP) is 2.54. The lowest BCUT2D eigenvalue weighted by Gasteiger charge is -2.24. The Morgan fingerprint density at radius 2 is 2.22 bits per heavy atom. The zero-order valence-corrected chi connectivity index (χ0v) is 11.2. The molecule has 18 heavy (non-hydrogen) atoms. The van der Waals surface area contributed by atoms with Crippen LogP contribution in [0.2, 0.25) is 0 Å². The van der Waals surface area contributed by atoms with E-state index in [9.17, 15) is 4.79 Å². The third-order valence-corrected chi connectivity index (χ3v) is 4.04. The number of benzene rings is 1. The van der Waals surface area contributed by atoms with E-state index in [1.54, 1.807) is 4.90 Å². The van der Waals surface area contributed by atoms with E-state index in [1.165, 1.54) is 12.8 Å². The van der Waals surface area contributed by atoms with Crippen LogP contribution in [0.4, 0.5) is 5.69 Å². The van der Waals surface area contributed by atoms with Crippen molar-refractivity contribution in [2.75, 3.05) is 11.9 Å². The summed E-state index contributed by atoms with van der Waals surface area (Å²) in [5.74, 6) is 0.948. The van der Waals surface area contributed by atoms with Gasteiger partial charge >= 0.3 is 0 Å². The van der Waals surface area contributed by atoms with Crippen molar-refractivity contribution < 1.29 is 4.79 Å². The smallest absolute Gasteiger partial charge is 0.230 e. The first kappa shape index (κ1) is 13.1. The number of amides is 1. The Kier molecular flexibility index (Phi) is 4.02. The lowest BCUT2D eigenvalue weighted by atomic mass is 9.96. The third-order valence-electron chi connectivity index (χ3n) is 4.04. The highest BCUT2D eigenvalue weighted by Crippen LogP contribution is 2.33. The summed E-state index contributed by atoms with van der Waals surface area (Å²) in [5, 5.41) is 0. The number of carbonyl (C=O) groups is 1. The normalized spacial score (nSPS) is 23.1. The maximum absolute atomic E-state index is 12.5. The molecule has 3 heteroatoms. The Hall–Kier alpha value is -1.35. The molecule has 0 aliphatic heterocycles. The van der Waals surface area contributed by atoms with Crippen LogP contribution in [0.1, 0.15) is 31.7 Å². The first-order valence-electron chi connectivity index (χ1n) is 6.70. The van der Waals surface area contributed by atoms with E-state index < -0.39 is 0 Å². The lowest BCUT2D eigenvalue weighted by Crippen LogP contribution is -2.34. The number of rotatable bonds is 3. The van der Waals surface area contributed by atoms with Gasteiger partial charge < -0.3 is 10.6 Å². The van der Waals surface area contributed by atoms with Gasteiger partial charge in [0.1, 0.15) is 0 Å². The molecule has 2 N–H and O–H groups in total. The van der Waals surface area contributed by atoms with Crippen molar-refractivity contribution in [2.24, 2.45) is 17.6 Å². The van der Waals surface area contributed by atoms with Gasteiger partial charge in [-0.15, -0.1) is 0 Å². The molecule has 1 aliphatic rings. The monoisotopic (exact) mass is 246 g/mol. The van der Waals surface area contributed by atoms with Crippen molar-refractivity contribution in [1.82, 2.24) is 0 Å². The molecule has 1 fully saturated rings. The van der Waals surface area contributed by atoms with Crippen LogP contribution in [0.5, 0.6) is 0 Å². The molecule has 1 aromatic carbocycles. The maximum Gasteiger partial charge on any atom is 0.230 e. The standard InChI is InChI=1S/C15H22N2O/c1-11-5-3-8-14(11)15(18)17(2)13-7-4-6-12(9-13)10-16/h4,6-7,9,11,14H,3,5,8,10,16H2,1-2H3. The van der Waals surface area contributed by atoms with Crippen molar-refractivity contribution in [3.63, 3.8) is 0 Å². The van der Waals surface area contributed by atoms with Crippen LogP contribution in [-0.4, -0.2) is 13.0 Å². The Morgan fingerprint density at radius 3 is 2.83 bits per heavy atom. The van der Waals surface area contributed by atoms with Gasteiger partial charge in [0.15, 0.2) is 0 Å². The summed E-state index contributed by atoms with van der Waals surface area (Å²) < 4.78 is 0. The molecule has 1 aliphatic carbocycles. The van der Waals surface area contributed by atoms with Crippen LogP contribution in [-0.2, 0) is 11.3 Å². The third kappa shape index (κ3) is 2.56. The Labute approximate surface area is 109 Å². The van der Waals surface area contributed by atoms with Crippen LogP contribution in [0.3, 0.4) is 0 Å². The summed E-state index contributed by atoms with van der Waals surface area (Å²) in [6.07, 6.45) is 3.38. The second kappa shape index (κ2) is 5.53. The van der Waals surface area contributed by atoms with E-state index >= 15 is 0 Å². The SMILES string of the molecule is CC1CCCC1C(=O)N(C)c1cccc(CN)c1. The van der Waals surface area contributed by atoms with Gasteiger partial charge in [-0.2, -0.15) is 0 Å². The first-order chi connectivity index (χ1) is 8.63.